The molecule has 1 N–H and O–H groups in total. The number of aromatic nitrogens is 5. The van der Waals surface area contributed by atoms with E-state index in [1.54, 1.807) is 32.4 Å². The number of hydrogen-bond acceptors (Lipinski definition) is 6. The quantitative estimate of drug-likeness (QED) is 0.452. The van der Waals surface area contributed by atoms with Crippen LogP contribution in [0.25, 0.3) is 28.2 Å². The predicted octanol–water partition coefficient (Wildman–Crippen LogP) is 1.78. The first-order valence-electron chi connectivity index (χ1n) is 10.4. The summed E-state index contributed by atoms with van der Waals surface area (Å²) in [7, 11) is 1.86. The summed E-state index contributed by atoms with van der Waals surface area (Å²) < 4.78 is 17.0. The standard InChI is InChI=1S/C22H21FN8O2/c1-28-22(30-10-8-29(14-33)9-11-30)20(21(27-28)15-2-4-16(23)5-3-15)17-6-7-19-25-18(24-13-32)12-31(19)26-17/h2-7,12-14H,8-11H2,1H3,(H,24,32). The van der Waals surface area contributed by atoms with E-state index in [-0.39, 0.29) is 5.82 Å². The molecule has 0 bridgehead atoms. The molecule has 5 rings (SSSR count). The fraction of sp³-hybridized carbons (Fsp3) is 0.227. The molecule has 4 aromatic rings. The summed E-state index contributed by atoms with van der Waals surface area (Å²) in [6, 6.07) is 9.85. The van der Waals surface area contributed by atoms with Crippen molar-refractivity contribution in [3.63, 3.8) is 0 Å². The predicted molar refractivity (Wildman–Crippen MR) is 120 cm³/mol. The number of hydrogen-bond donors (Lipinski definition) is 1. The summed E-state index contributed by atoms with van der Waals surface area (Å²) in [5.74, 6) is 0.928. The number of benzene rings is 1. The Labute approximate surface area is 188 Å². The molecule has 10 nitrogen and oxygen atoms in total. The molecule has 1 aliphatic rings. The van der Waals surface area contributed by atoms with Gasteiger partial charge in [-0.3, -0.25) is 14.3 Å². The van der Waals surface area contributed by atoms with E-state index in [0.29, 0.717) is 55.4 Å². The van der Waals surface area contributed by atoms with Crippen LogP contribution < -0.4 is 10.2 Å². The maximum absolute atomic E-state index is 13.6. The number of imidazole rings is 1. The number of halogens is 1. The van der Waals surface area contributed by atoms with Crippen LogP contribution in [0.2, 0.25) is 0 Å². The van der Waals surface area contributed by atoms with Gasteiger partial charge in [0.2, 0.25) is 12.8 Å². The fourth-order valence-corrected chi connectivity index (χ4v) is 4.11. The van der Waals surface area contributed by atoms with E-state index in [1.165, 1.54) is 12.1 Å². The largest absolute Gasteiger partial charge is 0.353 e. The number of carbonyl (C=O) groups is 2. The summed E-state index contributed by atoms with van der Waals surface area (Å²) in [6.07, 6.45) is 3.06. The first kappa shape index (κ1) is 20.6. The molecule has 3 aromatic heterocycles. The van der Waals surface area contributed by atoms with Gasteiger partial charge in [0.05, 0.1) is 17.5 Å². The zero-order valence-electron chi connectivity index (χ0n) is 17.8. The summed E-state index contributed by atoms with van der Waals surface area (Å²) >= 11 is 0. The van der Waals surface area contributed by atoms with Gasteiger partial charge >= 0.3 is 0 Å². The Morgan fingerprint density at radius 3 is 2.45 bits per heavy atom. The van der Waals surface area contributed by atoms with Crippen LogP contribution in [-0.4, -0.2) is 68.3 Å². The van der Waals surface area contributed by atoms with Gasteiger partial charge in [-0.25, -0.2) is 13.9 Å². The van der Waals surface area contributed by atoms with Crippen molar-refractivity contribution in [1.82, 2.24) is 29.3 Å². The minimum absolute atomic E-state index is 0.324. The minimum Gasteiger partial charge on any atom is -0.353 e. The lowest BCUT2D eigenvalue weighted by molar-refractivity contribution is -0.118. The van der Waals surface area contributed by atoms with E-state index in [0.717, 1.165) is 23.4 Å². The molecule has 0 radical (unpaired) electrons. The van der Waals surface area contributed by atoms with Gasteiger partial charge in [-0.05, 0) is 36.4 Å². The Morgan fingerprint density at radius 2 is 1.76 bits per heavy atom. The van der Waals surface area contributed by atoms with Crippen LogP contribution in [0.5, 0.6) is 0 Å². The van der Waals surface area contributed by atoms with E-state index in [2.05, 4.69) is 15.2 Å². The van der Waals surface area contributed by atoms with Gasteiger partial charge in [-0.15, -0.1) is 0 Å². The monoisotopic (exact) mass is 448 g/mol. The Bertz CT molecular complexity index is 1320. The van der Waals surface area contributed by atoms with Crippen LogP contribution in [0.4, 0.5) is 16.0 Å². The van der Waals surface area contributed by atoms with Crippen molar-refractivity contribution in [3.8, 4) is 22.5 Å². The van der Waals surface area contributed by atoms with Crippen molar-refractivity contribution in [3.05, 3.63) is 48.4 Å². The molecular formula is C22H21FN8O2. The van der Waals surface area contributed by atoms with Crippen LogP contribution in [0.15, 0.2) is 42.6 Å². The Balaban J connectivity index is 1.66. The van der Waals surface area contributed by atoms with Crippen molar-refractivity contribution in [2.24, 2.45) is 7.05 Å². The molecule has 1 aromatic carbocycles. The summed E-state index contributed by atoms with van der Waals surface area (Å²) in [5, 5.41) is 12.0. The Morgan fingerprint density at radius 1 is 1.00 bits per heavy atom. The number of aryl methyl sites for hydroxylation is 1. The lowest BCUT2D eigenvalue weighted by atomic mass is 10.0. The molecule has 33 heavy (non-hydrogen) atoms. The first-order valence-corrected chi connectivity index (χ1v) is 10.4. The normalized spacial score (nSPS) is 14.0. The number of carbonyl (C=O) groups excluding carboxylic acids is 2. The number of anilines is 2. The van der Waals surface area contributed by atoms with Gasteiger partial charge in [0, 0.05) is 38.8 Å². The number of piperazine rings is 1. The zero-order chi connectivity index (χ0) is 22.9. The van der Waals surface area contributed by atoms with E-state index < -0.39 is 0 Å². The highest BCUT2D eigenvalue weighted by atomic mass is 19.1. The average Bonchev–Trinajstić information content (AvgIpc) is 3.39. The molecule has 2 amide bonds. The van der Waals surface area contributed by atoms with Gasteiger partial charge in [0.15, 0.2) is 11.5 Å². The van der Waals surface area contributed by atoms with Crippen LogP contribution in [-0.2, 0) is 16.6 Å². The topological polar surface area (TPSA) is 101 Å². The molecule has 0 unspecified atom stereocenters. The summed E-state index contributed by atoms with van der Waals surface area (Å²) in [6.45, 7) is 2.51. The van der Waals surface area contributed by atoms with Crippen LogP contribution in [0, 0.1) is 5.82 Å². The SMILES string of the molecule is Cn1nc(-c2ccc(F)cc2)c(-c2ccc3nc(NC=O)cn3n2)c1N1CCN(C=O)CC1. The Hall–Kier alpha value is -4.28. The number of nitrogens with one attached hydrogen (secondary N) is 1. The maximum Gasteiger partial charge on any atom is 0.212 e. The number of amides is 2. The molecule has 0 spiro atoms. The molecule has 0 saturated carbocycles. The van der Waals surface area contributed by atoms with E-state index >= 15 is 0 Å². The molecule has 4 heterocycles. The van der Waals surface area contributed by atoms with Gasteiger partial charge < -0.3 is 15.1 Å². The van der Waals surface area contributed by atoms with Gasteiger partial charge in [-0.1, -0.05) is 0 Å². The molecule has 0 atom stereocenters. The highest BCUT2D eigenvalue weighted by Gasteiger charge is 2.27. The average molecular weight is 448 g/mol. The first-order chi connectivity index (χ1) is 16.1. The number of fused-ring (bicyclic) bond motifs is 1. The second-order valence-electron chi connectivity index (χ2n) is 7.72. The third kappa shape index (κ3) is 3.77. The molecule has 1 fully saturated rings. The Kier molecular flexibility index (Phi) is 5.21. The number of nitrogens with zero attached hydrogens (tertiary/aromatic N) is 7. The second-order valence-corrected chi connectivity index (χ2v) is 7.72. The van der Waals surface area contributed by atoms with Gasteiger partial charge in [0.1, 0.15) is 17.3 Å². The highest BCUT2D eigenvalue weighted by Crippen LogP contribution is 2.39. The zero-order valence-corrected chi connectivity index (χ0v) is 17.8. The van der Waals surface area contributed by atoms with Crippen molar-refractivity contribution in [2.75, 3.05) is 36.4 Å². The van der Waals surface area contributed by atoms with Crippen molar-refractivity contribution in [1.29, 1.82) is 0 Å². The molecule has 11 heteroatoms. The molecule has 168 valence electrons. The van der Waals surface area contributed by atoms with Crippen LogP contribution in [0.3, 0.4) is 0 Å². The summed E-state index contributed by atoms with van der Waals surface area (Å²) in [4.78, 5) is 30.2. The highest BCUT2D eigenvalue weighted by molar-refractivity contribution is 5.88. The van der Waals surface area contributed by atoms with Gasteiger partial charge in [0.25, 0.3) is 0 Å². The van der Waals surface area contributed by atoms with Gasteiger partial charge in [-0.2, -0.15) is 10.2 Å². The smallest absolute Gasteiger partial charge is 0.212 e. The summed E-state index contributed by atoms with van der Waals surface area (Å²) in [5.41, 5.74) is 3.46. The second kappa shape index (κ2) is 8.34. The third-order valence-corrected chi connectivity index (χ3v) is 5.68. The molecule has 1 saturated heterocycles. The van der Waals surface area contributed by atoms with E-state index in [4.69, 9.17) is 10.2 Å². The van der Waals surface area contributed by atoms with Crippen molar-refractivity contribution >= 4 is 30.1 Å². The molecule has 1 aliphatic heterocycles. The molecular weight excluding hydrogens is 427 g/mol. The molecule has 0 aliphatic carbocycles. The fourth-order valence-electron chi connectivity index (χ4n) is 4.11. The van der Waals surface area contributed by atoms with Crippen LogP contribution >= 0.6 is 0 Å². The van der Waals surface area contributed by atoms with Crippen LogP contribution in [0.1, 0.15) is 0 Å². The third-order valence-electron chi connectivity index (χ3n) is 5.68. The maximum atomic E-state index is 13.6. The van der Waals surface area contributed by atoms with Crippen molar-refractivity contribution in [2.45, 2.75) is 0 Å². The van der Waals surface area contributed by atoms with Crippen molar-refractivity contribution < 1.29 is 14.0 Å². The lowest BCUT2D eigenvalue weighted by Crippen LogP contribution is -2.46. The minimum atomic E-state index is -0.324. The van der Waals surface area contributed by atoms with E-state index in [9.17, 15) is 14.0 Å². The lowest BCUT2D eigenvalue weighted by Gasteiger charge is -2.34. The number of rotatable bonds is 6. The van der Waals surface area contributed by atoms with E-state index in [1.807, 2.05) is 19.2 Å².